The number of fused-ring (bicyclic) bond motifs is 1. The van der Waals surface area contributed by atoms with Gasteiger partial charge in [-0.2, -0.15) is 22.8 Å². The number of hydrogen-bond acceptors (Lipinski definition) is 6. The van der Waals surface area contributed by atoms with Crippen molar-refractivity contribution < 1.29 is 18.0 Å². The van der Waals surface area contributed by atoms with Crippen molar-refractivity contribution in [3.63, 3.8) is 0 Å². The Kier molecular flexibility index (Phi) is 6.91. The average molecular weight is 527 g/mol. The van der Waals surface area contributed by atoms with Gasteiger partial charge < -0.3 is 4.90 Å². The molecule has 1 amide bonds. The maximum Gasteiger partial charge on any atom is 0.416 e. The molecule has 0 bridgehead atoms. The first kappa shape index (κ1) is 25.8. The van der Waals surface area contributed by atoms with E-state index in [-0.39, 0.29) is 18.0 Å². The zero-order valence-corrected chi connectivity index (χ0v) is 21.5. The molecule has 0 spiro atoms. The van der Waals surface area contributed by atoms with Gasteiger partial charge in [0.2, 0.25) is 5.91 Å². The number of amides is 1. The third kappa shape index (κ3) is 5.13. The smallest absolute Gasteiger partial charge is 0.340 e. The third-order valence-electron chi connectivity index (χ3n) is 7.09. The van der Waals surface area contributed by atoms with Gasteiger partial charge >= 0.3 is 6.18 Å². The number of aryl methyl sites for hydroxylation is 2. The molecule has 3 aromatic heterocycles. The summed E-state index contributed by atoms with van der Waals surface area (Å²) in [6, 6.07) is 9.34. The molecule has 0 N–H and O–H groups in total. The van der Waals surface area contributed by atoms with E-state index >= 15 is 0 Å². The molecule has 1 aliphatic rings. The lowest BCUT2D eigenvalue weighted by molar-refractivity contribution is -0.138. The molecule has 0 radical (unpaired) electrons. The van der Waals surface area contributed by atoms with Crippen LogP contribution in [0.4, 0.5) is 13.2 Å². The summed E-state index contributed by atoms with van der Waals surface area (Å²) in [6.45, 7) is 7.97. The Morgan fingerprint density at radius 2 is 1.68 bits per heavy atom. The fourth-order valence-corrected chi connectivity index (χ4v) is 4.98. The Bertz CT molecular complexity index is 1470. The van der Waals surface area contributed by atoms with Crippen molar-refractivity contribution in [2.75, 3.05) is 26.2 Å². The topological polar surface area (TPSA) is 84.4 Å². The molecule has 0 atom stereocenters. The first-order valence-corrected chi connectivity index (χ1v) is 12.5. The number of hydrogen-bond donors (Lipinski definition) is 0. The summed E-state index contributed by atoms with van der Waals surface area (Å²) >= 11 is 0. The second kappa shape index (κ2) is 10.2. The summed E-state index contributed by atoms with van der Waals surface area (Å²) in [4.78, 5) is 16.7. The normalized spacial score (nSPS) is 14.9. The zero-order chi connectivity index (χ0) is 27.0. The Morgan fingerprint density at radius 3 is 2.42 bits per heavy atom. The molecule has 0 saturated carbocycles. The van der Waals surface area contributed by atoms with Crippen molar-refractivity contribution in [1.82, 2.24) is 39.4 Å². The molecule has 5 rings (SSSR count). The predicted molar refractivity (Wildman–Crippen MR) is 134 cm³/mol. The summed E-state index contributed by atoms with van der Waals surface area (Å²) in [5, 5.41) is 17.3. The number of alkyl halides is 3. The van der Waals surface area contributed by atoms with Crippen molar-refractivity contribution in [3.8, 4) is 5.82 Å². The maximum atomic E-state index is 13.3. The van der Waals surface area contributed by atoms with Gasteiger partial charge in [-0.25, -0.2) is 4.68 Å². The Morgan fingerprint density at radius 1 is 0.947 bits per heavy atom. The largest absolute Gasteiger partial charge is 0.416 e. The molecule has 9 nitrogen and oxygen atoms in total. The van der Waals surface area contributed by atoms with Crippen LogP contribution < -0.4 is 0 Å². The maximum absolute atomic E-state index is 13.3. The Balaban J connectivity index is 1.19. The van der Waals surface area contributed by atoms with Crippen molar-refractivity contribution in [2.45, 2.75) is 46.3 Å². The van der Waals surface area contributed by atoms with Crippen LogP contribution in [0.2, 0.25) is 0 Å². The molecule has 38 heavy (non-hydrogen) atoms. The summed E-state index contributed by atoms with van der Waals surface area (Å²) in [7, 11) is 0. The van der Waals surface area contributed by atoms with E-state index in [1.165, 1.54) is 12.1 Å². The minimum Gasteiger partial charge on any atom is -0.340 e. The van der Waals surface area contributed by atoms with Gasteiger partial charge in [0.25, 0.3) is 0 Å². The molecule has 200 valence electrons. The average Bonchev–Trinajstić information content (AvgIpc) is 3.40. The van der Waals surface area contributed by atoms with Gasteiger partial charge in [-0.05, 0) is 56.5 Å². The van der Waals surface area contributed by atoms with Crippen LogP contribution in [0, 0.1) is 20.8 Å². The third-order valence-corrected chi connectivity index (χ3v) is 7.09. The molecular weight excluding hydrogens is 497 g/mol. The van der Waals surface area contributed by atoms with E-state index in [4.69, 9.17) is 0 Å². The first-order valence-electron chi connectivity index (χ1n) is 12.5. The number of piperazine rings is 1. The molecule has 0 aliphatic carbocycles. The van der Waals surface area contributed by atoms with Crippen LogP contribution in [-0.4, -0.2) is 71.5 Å². The second-order valence-electron chi connectivity index (χ2n) is 9.58. The Hall–Kier alpha value is -3.80. The number of rotatable bonds is 6. The monoisotopic (exact) mass is 526 g/mol. The van der Waals surface area contributed by atoms with Gasteiger partial charge in [-0.1, -0.05) is 18.2 Å². The van der Waals surface area contributed by atoms with Crippen LogP contribution in [0.25, 0.3) is 11.5 Å². The standard InChI is InChI=1S/C26H29F3N8O/c1-17-21(18(2)36(32-17)24-10-9-23-31-30-19(3)37(23)33-24)8-11-25(38)35-14-12-34(13-15-35)16-20-6-4-5-7-22(20)26(27,28)29/h4-7,9-10H,8,11-16H2,1-3H3. The van der Waals surface area contributed by atoms with Gasteiger partial charge in [0.05, 0.1) is 11.3 Å². The lowest BCUT2D eigenvalue weighted by Gasteiger charge is -2.35. The summed E-state index contributed by atoms with van der Waals surface area (Å²) in [6.07, 6.45) is -3.50. The van der Waals surface area contributed by atoms with Gasteiger partial charge in [0.1, 0.15) is 0 Å². The molecule has 12 heteroatoms. The van der Waals surface area contributed by atoms with Crippen molar-refractivity contribution in [2.24, 2.45) is 0 Å². The highest BCUT2D eigenvalue weighted by Crippen LogP contribution is 2.32. The zero-order valence-electron chi connectivity index (χ0n) is 21.5. The molecule has 1 aromatic carbocycles. The van der Waals surface area contributed by atoms with E-state index in [2.05, 4.69) is 20.4 Å². The molecule has 1 saturated heterocycles. The van der Waals surface area contributed by atoms with E-state index in [0.29, 0.717) is 56.3 Å². The first-order chi connectivity index (χ1) is 18.1. The van der Waals surface area contributed by atoms with Gasteiger partial charge in [0, 0.05) is 44.8 Å². The number of carbonyl (C=O) groups excluding carboxylic acids is 1. The molecule has 4 heterocycles. The van der Waals surface area contributed by atoms with E-state index in [9.17, 15) is 18.0 Å². The molecule has 0 unspecified atom stereocenters. The summed E-state index contributed by atoms with van der Waals surface area (Å²) in [5.74, 6) is 1.35. The minimum atomic E-state index is -4.38. The van der Waals surface area contributed by atoms with Crippen molar-refractivity contribution in [3.05, 3.63) is 70.3 Å². The van der Waals surface area contributed by atoms with Crippen LogP contribution in [0.1, 0.15) is 40.3 Å². The van der Waals surface area contributed by atoms with Gasteiger partial charge in [0.15, 0.2) is 17.3 Å². The Labute approximate surface area is 217 Å². The van der Waals surface area contributed by atoms with Crippen molar-refractivity contribution in [1.29, 1.82) is 0 Å². The second-order valence-corrected chi connectivity index (χ2v) is 9.58. The van der Waals surface area contributed by atoms with E-state index in [1.807, 2.05) is 37.8 Å². The highest BCUT2D eigenvalue weighted by molar-refractivity contribution is 5.76. The van der Waals surface area contributed by atoms with Crippen LogP contribution in [0.15, 0.2) is 36.4 Å². The van der Waals surface area contributed by atoms with Crippen LogP contribution >= 0.6 is 0 Å². The van der Waals surface area contributed by atoms with Crippen molar-refractivity contribution >= 4 is 11.6 Å². The number of benzene rings is 1. The number of carbonyl (C=O) groups is 1. The SMILES string of the molecule is Cc1nn(-c2ccc3nnc(C)n3n2)c(C)c1CCC(=O)N1CCN(Cc2ccccc2C(F)(F)F)CC1. The number of nitrogens with zero attached hydrogens (tertiary/aromatic N) is 8. The fraction of sp³-hybridized carbons (Fsp3) is 0.423. The van der Waals surface area contributed by atoms with E-state index in [0.717, 1.165) is 23.0 Å². The van der Waals surface area contributed by atoms with Gasteiger partial charge in [-0.15, -0.1) is 15.3 Å². The lowest BCUT2D eigenvalue weighted by Crippen LogP contribution is -2.48. The lowest BCUT2D eigenvalue weighted by atomic mass is 10.1. The predicted octanol–water partition coefficient (Wildman–Crippen LogP) is 3.53. The van der Waals surface area contributed by atoms with Crippen LogP contribution in [0.3, 0.4) is 0 Å². The fourth-order valence-electron chi connectivity index (χ4n) is 4.98. The number of halogens is 3. The molecule has 4 aromatic rings. The van der Waals surface area contributed by atoms with Crippen LogP contribution in [0.5, 0.6) is 0 Å². The van der Waals surface area contributed by atoms with Crippen LogP contribution in [-0.2, 0) is 23.9 Å². The highest BCUT2D eigenvalue weighted by atomic mass is 19.4. The molecular formula is C26H29F3N8O. The molecule has 1 fully saturated rings. The quantitative estimate of drug-likeness (QED) is 0.382. The van der Waals surface area contributed by atoms with Gasteiger partial charge in [-0.3, -0.25) is 9.69 Å². The number of aromatic nitrogens is 6. The minimum absolute atomic E-state index is 0.0338. The van der Waals surface area contributed by atoms with E-state index < -0.39 is 11.7 Å². The summed E-state index contributed by atoms with van der Waals surface area (Å²) < 4.78 is 43.4. The van der Waals surface area contributed by atoms with E-state index in [1.54, 1.807) is 20.2 Å². The summed E-state index contributed by atoms with van der Waals surface area (Å²) in [5.41, 5.74) is 3.07. The molecule has 1 aliphatic heterocycles. The highest BCUT2D eigenvalue weighted by Gasteiger charge is 2.33.